The van der Waals surface area contributed by atoms with E-state index in [1.807, 2.05) is 20.8 Å². The first-order chi connectivity index (χ1) is 26.8. The van der Waals surface area contributed by atoms with E-state index < -0.39 is 32.1 Å². The maximum absolute atomic E-state index is 14.9. The van der Waals surface area contributed by atoms with E-state index >= 15 is 0 Å². The second-order valence-electron chi connectivity index (χ2n) is 18.0. The van der Waals surface area contributed by atoms with Gasteiger partial charge in [0.05, 0.1) is 0 Å². The molecule has 0 aliphatic heterocycles. The van der Waals surface area contributed by atoms with E-state index in [1.165, 1.54) is 33.0 Å². The van der Waals surface area contributed by atoms with Gasteiger partial charge in [0.15, 0.2) is 20.5 Å². The van der Waals surface area contributed by atoms with Crippen molar-refractivity contribution in [3.05, 3.63) is 98.4 Å². The molecule has 0 bridgehead atoms. The lowest BCUT2D eigenvalue weighted by Gasteiger charge is -2.41. The number of fused-ring (bicyclic) bond motifs is 1. The summed E-state index contributed by atoms with van der Waals surface area (Å²) in [4.78, 5) is 45.3. The monoisotopic (exact) mass is 817 g/mol. The lowest BCUT2D eigenvalue weighted by atomic mass is 10.0. The van der Waals surface area contributed by atoms with Crippen molar-refractivity contribution in [2.45, 2.75) is 149 Å². The first-order valence-electron chi connectivity index (χ1n) is 20.7. The van der Waals surface area contributed by atoms with E-state index in [-0.39, 0.29) is 15.8 Å². The molecule has 1 heterocycles. The molecule has 3 aromatic carbocycles. The molecule has 0 aliphatic rings. The minimum Gasteiger partial charge on any atom is -0.458 e. The van der Waals surface area contributed by atoms with Gasteiger partial charge in [-0.3, -0.25) is 14.6 Å². The molecule has 0 fully saturated rings. The van der Waals surface area contributed by atoms with Gasteiger partial charge in [0.2, 0.25) is 0 Å². The zero-order valence-corrected chi connectivity index (χ0v) is 38.0. The number of unbranched alkanes of at least 4 members (excludes halogenated alkanes) is 4. The number of aryl methyl sites for hydroxylation is 4. The standard InChI is InChI=1S/C46H67N3O6SSi/c1-33-23-24-35(31-34(33)2)19-14-12-18-30-53-40(41(43(51)54-45(3,4)5)55-57(9,10)46(6,7)8)42(50)49(29-27-39-47-44(52)56-48-39)28-17-11-13-20-36-25-26-37-21-15-16-22-38(37)32-36/h15-16,21-26,31-32,40-41H,11-14,17-20,27-30H2,1-10H3,(H,47,48,52)/t40-,41-/m1/s1. The van der Waals surface area contributed by atoms with Crippen LogP contribution in [0.25, 0.3) is 10.8 Å². The molecule has 0 radical (unpaired) electrons. The fraction of sp³-hybridized carbons (Fsp3) is 0.565. The van der Waals surface area contributed by atoms with Crippen LogP contribution in [0, 0.1) is 13.8 Å². The minimum atomic E-state index is -2.61. The third-order valence-corrected chi connectivity index (χ3v) is 16.0. The van der Waals surface area contributed by atoms with Gasteiger partial charge < -0.3 is 18.8 Å². The number of aromatic nitrogens is 2. The minimum absolute atomic E-state index is 0.233. The zero-order chi connectivity index (χ0) is 41.8. The molecule has 11 heteroatoms. The lowest BCUT2D eigenvalue weighted by molar-refractivity contribution is -0.178. The Morgan fingerprint density at radius 2 is 1.42 bits per heavy atom. The third-order valence-electron chi connectivity index (χ3n) is 11.0. The van der Waals surface area contributed by atoms with Crippen molar-refractivity contribution in [2.75, 3.05) is 19.7 Å². The Bertz CT molecular complexity index is 1960. The zero-order valence-electron chi connectivity index (χ0n) is 36.2. The number of benzene rings is 3. The van der Waals surface area contributed by atoms with Crippen LogP contribution in [-0.4, -0.2) is 72.0 Å². The summed E-state index contributed by atoms with van der Waals surface area (Å²) >= 11 is 0.868. The molecule has 0 saturated heterocycles. The molecular weight excluding hydrogens is 751 g/mol. The molecule has 312 valence electrons. The number of hydrogen-bond donors (Lipinski definition) is 1. The highest BCUT2D eigenvalue weighted by molar-refractivity contribution is 7.02. The summed E-state index contributed by atoms with van der Waals surface area (Å²) in [6, 6.07) is 21.6. The van der Waals surface area contributed by atoms with E-state index in [9.17, 15) is 14.4 Å². The maximum atomic E-state index is 14.9. The van der Waals surface area contributed by atoms with Gasteiger partial charge >= 0.3 is 10.8 Å². The Kier molecular flexibility index (Phi) is 16.9. The largest absolute Gasteiger partial charge is 0.458 e. The second-order valence-corrected chi connectivity index (χ2v) is 23.5. The Hall–Kier alpha value is -3.64. The molecule has 9 nitrogen and oxygen atoms in total. The maximum Gasteiger partial charge on any atom is 0.337 e. The normalized spacial score (nSPS) is 13.4. The van der Waals surface area contributed by atoms with Gasteiger partial charge in [-0.15, -0.1) is 0 Å². The summed E-state index contributed by atoms with van der Waals surface area (Å²) < 4.78 is 23.6. The average molecular weight is 818 g/mol. The first-order valence-corrected chi connectivity index (χ1v) is 24.4. The number of aromatic amines is 1. The Labute approximate surface area is 346 Å². The number of esters is 1. The highest BCUT2D eigenvalue weighted by Crippen LogP contribution is 2.38. The van der Waals surface area contributed by atoms with Gasteiger partial charge in [0.25, 0.3) is 5.91 Å². The Morgan fingerprint density at radius 1 is 0.772 bits per heavy atom. The van der Waals surface area contributed by atoms with Crippen molar-refractivity contribution in [3.8, 4) is 0 Å². The van der Waals surface area contributed by atoms with Crippen molar-refractivity contribution in [1.29, 1.82) is 0 Å². The van der Waals surface area contributed by atoms with Crippen LogP contribution < -0.4 is 4.87 Å². The van der Waals surface area contributed by atoms with Crippen LogP contribution in [0.3, 0.4) is 0 Å². The number of H-pyrrole nitrogens is 1. The first kappa shape index (κ1) is 46.1. The summed E-state index contributed by atoms with van der Waals surface area (Å²) in [6.07, 6.45) is 5.08. The van der Waals surface area contributed by atoms with E-state index in [4.69, 9.17) is 13.9 Å². The lowest BCUT2D eigenvalue weighted by Crippen LogP contribution is -2.57. The summed E-state index contributed by atoms with van der Waals surface area (Å²) in [6.45, 7) is 21.3. The highest BCUT2D eigenvalue weighted by atomic mass is 32.1. The molecule has 1 aromatic heterocycles. The molecule has 4 rings (SSSR count). The molecule has 4 aromatic rings. The number of hydrogen-bond acceptors (Lipinski definition) is 8. The van der Waals surface area contributed by atoms with Crippen LogP contribution in [0.5, 0.6) is 0 Å². The summed E-state index contributed by atoms with van der Waals surface area (Å²) in [7, 11) is -2.61. The van der Waals surface area contributed by atoms with Crippen molar-refractivity contribution in [1.82, 2.24) is 14.3 Å². The molecule has 0 unspecified atom stereocenters. The van der Waals surface area contributed by atoms with Gasteiger partial charge in [-0.25, -0.2) is 4.79 Å². The molecular formula is C46H67N3O6SSi. The Balaban J connectivity index is 1.54. The molecule has 1 amide bonds. The van der Waals surface area contributed by atoms with Crippen LogP contribution in [0.15, 0.2) is 65.5 Å². The van der Waals surface area contributed by atoms with Crippen LogP contribution in [0.2, 0.25) is 18.1 Å². The number of amides is 1. The number of nitrogens with one attached hydrogen (secondary N) is 1. The SMILES string of the molecule is Cc1ccc(CCCCCO[C@@H](C(=O)N(CCCCCc2ccc3ccccc3c2)CCc2nsc(=O)[nH]2)[C@@H](O[Si](C)(C)C(C)(C)C)C(=O)OC(C)(C)C)cc1C. The third kappa shape index (κ3) is 14.6. The quantitative estimate of drug-likeness (QED) is 0.0507. The van der Waals surface area contributed by atoms with Crippen molar-refractivity contribution in [2.24, 2.45) is 0 Å². The smallest absolute Gasteiger partial charge is 0.337 e. The van der Waals surface area contributed by atoms with Crippen LogP contribution in [-0.2, 0) is 42.8 Å². The van der Waals surface area contributed by atoms with Crippen LogP contribution in [0.1, 0.15) is 108 Å². The fourth-order valence-electron chi connectivity index (χ4n) is 6.48. The molecule has 2 atom stereocenters. The Morgan fingerprint density at radius 3 is 2.05 bits per heavy atom. The van der Waals surface area contributed by atoms with Gasteiger partial charge in [0.1, 0.15) is 11.4 Å². The predicted molar refractivity (Wildman–Crippen MR) is 236 cm³/mol. The summed E-state index contributed by atoms with van der Waals surface area (Å²) in [5, 5.41) is 2.23. The average Bonchev–Trinajstić information content (AvgIpc) is 3.56. The van der Waals surface area contributed by atoms with E-state index in [0.29, 0.717) is 31.9 Å². The number of rotatable bonds is 21. The van der Waals surface area contributed by atoms with Crippen LogP contribution >= 0.6 is 11.5 Å². The second kappa shape index (κ2) is 20.9. The van der Waals surface area contributed by atoms with Crippen molar-refractivity contribution < 1.29 is 23.5 Å². The molecule has 0 saturated carbocycles. The van der Waals surface area contributed by atoms with Gasteiger partial charge in [0, 0.05) is 37.6 Å². The predicted octanol–water partition coefficient (Wildman–Crippen LogP) is 9.92. The van der Waals surface area contributed by atoms with E-state index in [2.05, 4.69) is 118 Å². The molecule has 1 N–H and O–H groups in total. The number of nitrogens with zero attached hydrogens (tertiary/aromatic N) is 2. The van der Waals surface area contributed by atoms with Crippen LogP contribution in [0.4, 0.5) is 0 Å². The van der Waals surface area contributed by atoms with Crippen molar-refractivity contribution in [3.63, 3.8) is 0 Å². The topological polar surface area (TPSA) is 111 Å². The van der Waals surface area contributed by atoms with Crippen molar-refractivity contribution >= 4 is 42.5 Å². The molecule has 57 heavy (non-hydrogen) atoms. The number of carbonyl (C=O) groups excluding carboxylic acids is 2. The van der Waals surface area contributed by atoms with Gasteiger partial charge in [-0.05, 0) is 124 Å². The number of ether oxygens (including phenoxy) is 2. The summed E-state index contributed by atoms with van der Waals surface area (Å²) in [5.41, 5.74) is 4.39. The van der Waals surface area contributed by atoms with Gasteiger partial charge in [-0.2, -0.15) is 4.37 Å². The molecule has 0 aliphatic carbocycles. The summed E-state index contributed by atoms with van der Waals surface area (Å²) in [5.74, 6) is -0.382. The number of carbonyl (C=O) groups is 2. The van der Waals surface area contributed by atoms with Gasteiger partial charge in [-0.1, -0.05) is 94.3 Å². The fourth-order valence-corrected chi connectivity index (χ4v) is 8.18. The van der Waals surface area contributed by atoms with E-state index in [1.54, 1.807) is 4.90 Å². The van der Waals surface area contributed by atoms with E-state index in [0.717, 1.165) is 62.9 Å². The molecule has 0 spiro atoms. The highest BCUT2D eigenvalue weighted by Gasteiger charge is 2.47.